The SMILES string of the molecule is CC[C](CC)c1cccc(C)c1C. The van der Waals surface area contributed by atoms with Gasteiger partial charge in [0.05, 0.1) is 0 Å². The lowest BCUT2D eigenvalue weighted by Gasteiger charge is -2.16. The molecule has 0 aliphatic rings. The van der Waals surface area contributed by atoms with E-state index in [2.05, 4.69) is 45.9 Å². The average Bonchev–Trinajstić information content (AvgIpc) is 2.14. The summed E-state index contributed by atoms with van der Waals surface area (Å²) in [5.74, 6) is 1.57. The van der Waals surface area contributed by atoms with Gasteiger partial charge in [-0.2, -0.15) is 0 Å². The fourth-order valence-corrected chi connectivity index (χ4v) is 1.77. The van der Waals surface area contributed by atoms with E-state index in [-0.39, 0.29) is 0 Å². The number of aryl methyl sites for hydroxylation is 1. The summed E-state index contributed by atoms with van der Waals surface area (Å²) < 4.78 is 0. The Balaban J connectivity index is 3.05. The van der Waals surface area contributed by atoms with E-state index in [1.165, 1.54) is 29.5 Å². The standard InChI is InChI=1S/C13H19/c1-5-12(6-2)13-9-7-8-10(3)11(13)4/h7-9H,5-6H2,1-4H3. The molecule has 0 unspecified atom stereocenters. The molecule has 0 saturated heterocycles. The Hall–Kier alpha value is -0.780. The third-order valence-electron chi connectivity index (χ3n) is 2.84. The van der Waals surface area contributed by atoms with Crippen molar-refractivity contribution in [2.75, 3.05) is 0 Å². The van der Waals surface area contributed by atoms with Crippen LogP contribution in [0.4, 0.5) is 0 Å². The highest BCUT2D eigenvalue weighted by molar-refractivity contribution is 5.41. The van der Waals surface area contributed by atoms with E-state index in [0.717, 1.165) is 0 Å². The molecule has 0 saturated carbocycles. The molecule has 0 N–H and O–H groups in total. The first kappa shape index (κ1) is 10.3. The summed E-state index contributed by atoms with van der Waals surface area (Å²) in [5, 5.41) is 0. The summed E-state index contributed by atoms with van der Waals surface area (Å²) in [6, 6.07) is 6.58. The summed E-state index contributed by atoms with van der Waals surface area (Å²) >= 11 is 0. The third kappa shape index (κ3) is 2.12. The summed E-state index contributed by atoms with van der Waals surface area (Å²) in [5.41, 5.74) is 4.31. The fourth-order valence-electron chi connectivity index (χ4n) is 1.77. The highest BCUT2D eigenvalue weighted by Crippen LogP contribution is 2.26. The van der Waals surface area contributed by atoms with Crippen LogP contribution in [0, 0.1) is 19.8 Å². The van der Waals surface area contributed by atoms with Gasteiger partial charge in [0.2, 0.25) is 0 Å². The number of benzene rings is 1. The van der Waals surface area contributed by atoms with Gasteiger partial charge in [0.25, 0.3) is 0 Å². The topological polar surface area (TPSA) is 0 Å². The van der Waals surface area contributed by atoms with Crippen LogP contribution in [0.2, 0.25) is 0 Å². The second-order valence-electron chi connectivity index (χ2n) is 3.56. The molecule has 13 heavy (non-hydrogen) atoms. The zero-order valence-corrected chi connectivity index (χ0v) is 9.15. The molecule has 0 heteroatoms. The van der Waals surface area contributed by atoms with E-state index in [9.17, 15) is 0 Å². The maximum Gasteiger partial charge on any atom is 0.00472 e. The van der Waals surface area contributed by atoms with E-state index < -0.39 is 0 Å². The second kappa shape index (κ2) is 4.45. The predicted octanol–water partition coefficient (Wildman–Crippen LogP) is 4.05. The number of hydrogen-bond donors (Lipinski definition) is 0. The highest BCUT2D eigenvalue weighted by Gasteiger charge is 2.10. The first-order valence-corrected chi connectivity index (χ1v) is 5.12. The van der Waals surface area contributed by atoms with Gasteiger partial charge in [-0.05, 0) is 43.4 Å². The normalized spacial score (nSPS) is 10.8. The average molecular weight is 175 g/mol. The largest absolute Gasteiger partial charge is 0.0645 e. The maximum atomic E-state index is 2.24. The Labute approximate surface area is 82.0 Å². The molecule has 0 aliphatic carbocycles. The monoisotopic (exact) mass is 175 g/mol. The van der Waals surface area contributed by atoms with Crippen LogP contribution < -0.4 is 0 Å². The molecule has 0 fully saturated rings. The van der Waals surface area contributed by atoms with E-state index in [1.54, 1.807) is 5.92 Å². The van der Waals surface area contributed by atoms with E-state index >= 15 is 0 Å². The smallest absolute Gasteiger partial charge is 0.00472 e. The van der Waals surface area contributed by atoms with Crippen molar-refractivity contribution in [3.63, 3.8) is 0 Å². The lowest BCUT2D eigenvalue weighted by molar-refractivity contribution is 0.843. The molecular formula is C13H19. The van der Waals surface area contributed by atoms with Crippen molar-refractivity contribution in [3.8, 4) is 0 Å². The molecule has 1 aromatic carbocycles. The highest BCUT2D eigenvalue weighted by atomic mass is 14.1. The maximum absolute atomic E-state index is 2.24. The van der Waals surface area contributed by atoms with Gasteiger partial charge < -0.3 is 0 Å². The van der Waals surface area contributed by atoms with Crippen molar-refractivity contribution in [3.05, 3.63) is 40.8 Å². The van der Waals surface area contributed by atoms with Gasteiger partial charge >= 0.3 is 0 Å². The lowest BCUT2D eigenvalue weighted by atomic mass is 9.89. The molecule has 0 aromatic heterocycles. The Bertz CT molecular complexity index is 269. The number of rotatable bonds is 3. The van der Waals surface area contributed by atoms with E-state index in [4.69, 9.17) is 0 Å². The van der Waals surface area contributed by atoms with Crippen molar-refractivity contribution < 1.29 is 0 Å². The lowest BCUT2D eigenvalue weighted by Crippen LogP contribution is -2.00. The van der Waals surface area contributed by atoms with Crippen molar-refractivity contribution in [1.82, 2.24) is 0 Å². The predicted molar refractivity (Wildman–Crippen MR) is 58.8 cm³/mol. The third-order valence-corrected chi connectivity index (χ3v) is 2.84. The molecular weight excluding hydrogens is 156 g/mol. The Morgan fingerprint density at radius 3 is 2.23 bits per heavy atom. The molecule has 0 bridgehead atoms. The first-order chi connectivity index (χ1) is 6.20. The summed E-state index contributed by atoms with van der Waals surface area (Å²) in [4.78, 5) is 0. The Morgan fingerprint density at radius 2 is 1.69 bits per heavy atom. The van der Waals surface area contributed by atoms with Gasteiger partial charge in [0.15, 0.2) is 0 Å². The minimum absolute atomic E-state index is 1.17. The van der Waals surface area contributed by atoms with E-state index in [1.807, 2.05) is 0 Å². The molecule has 0 atom stereocenters. The summed E-state index contributed by atoms with van der Waals surface area (Å²) in [7, 11) is 0. The van der Waals surface area contributed by atoms with Crippen LogP contribution >= 0.6 is 0 Å². The second-order valence-corrected chi connectivity index (χ2v) is 3.56. The zero-order chi connectivity index (χ0) is 9.84. The van der Waals surface area contributed by atoms with Crippen molar-refractivity contribution >= 4 is 0 Å². The van der Waals surface area contributed by atoms with Crippen molar-refractivity contribution in [1.29, 1.82) is 0 Å². The first-order valence-electron chi connectivity index (χ1n) is 5.12. The molecule has 0 amide bonds. The molecule has 0 nitrogen and oxygen atoms in total. The van der Waals surface area contributed by atoms with Gasteiger partial charge in [-0.25, -0.2) is 0 Å². The molecule has 71 valence electrons. The van der Waals surface area contributed by atoms with Gasteiger partial charge in [0, 0.05) is 5.92 Å². The summed E-state index contributed by atoms with van der Waals surface area (Å²) in [6.07, 6.45) is 2.33. The molecule has 0 aliphatic heterocycles. The molecule has 1 aromatic rings. The van der Waals surface area contributed by atoms with Crippen LogP contribution in [-0.2, 0) is 0 Å². The van der Waals surface area contributed by atoms with Crippen LogP contribution in [0.15, 0.2) is 18.2 Å². The molecule has 1 radical (unpaired) electrons. The van der Waals surface area contributed by atoms with Crippen LogP contribution in [0.25, 0.3) is 0 Å². The zero-order valence-electron chi connectivity index (χ0n) is 9.15. The minimum atomic E-state index is 1.17. The Morgan fingerprint density at radius 1 is 1.08 bits per heavy atom. The van der Waals surface area contributed by atoms with Crippen LogP contribution in [0.1, 0.15) is 43.4 Å². The summed E-state index contributed by atoms with van der Waals surface area (Å²) in [6.45, 7) is 8.87. The van der Waals surface area contributed by atoms with Crippen molar-refractivity contribution in [2.45, 2.75) is 40.5 Å². The number of hydrogen-bond acceptors (Lipinski definition) is 0. The van der Waals surface area contributed by atoms with Gasteiger partial charge in [0.1, 0.15) is 0 Å². The quantitative estimate of drug-likeness (QED) is 0.650. The van der Waals surface area contributed by atoms with Gasteiger partial charge in [-0.1, -0.05) is 32.0 Å². The van der Waals surface area contributed by atoms with Gasteiger partial charge in [-0.3, -0.25) is 0 Å². The van der Waals surface area contributed by atoms with Gasteiger partial charge in [-0.15, -0.1) is 0 Å². The fraction of sp³-hybridized carbons (Fsp3) is 0.462. The van der Waals surface area contributed by atoms with Crippen molar-refractivity contribution in [2.24, 2.45) is 0 Å². The van der Waals surface area contributed by atoms with Crippen LogP contribution in [0.3, 0.4) is 0 Å². The van der Waals surface area contributed by atoms with Crippen LogP contribution in [-0.4, -0.2) is 0 Å². The van der Waals surface area contributed by atoms with Crippen LogP contribution in [0.5, 0.6) is 0 Å². The minimum Gasteiger partial charge on any atom is -0.0645 e. The molecule has 0 heterocycles. The van der Waals surface area contributed by atoms with E-state index in [0.29, 0.717) is 0 Å². The Kier molecular flexibility index (Phi) is 3.53. The molecule has 1 rings (SSSR count). The molecule has 0 spiro atoms.